The maximum atomic E-state index is 5.42. The molecular weight excluding hydrogens is 270 g/mol. The fraction of sp³-hybridized carbons (Fsp3) is 0.364. The van der Waals surface area contributed by atoms with Crippen LogP contribution in [0.5, 0.6) is 5.75 Å². The summed E-state index contributed by atoms with van der Waals surface area (Å²) in [6.45, 7) is 7.07. The number of hydrogen-bond acceptors (Lipinski definition) is 2. The minimum absolute atomic E-state index is 0.438. The molecule has 0 N–H and O–H groups in total. The van der Waals surface area contributed by atoms with Gasteiger partial charge in [-0.25, -0.2) is 4.98 Å². The Morgan fingerprint density at radius 3 is 2.67 bits per heavy atom. The van der Waals surface area contributed by atoms with Crippen LogP contribution in [0.4, 0.5) is 0 Å². The molecule has 0 unspecified atom stereocenters. The molecule has 0 amide bonds. The highest BCUT2D eigenvalue weighted by atomic mass is 79.9. The summed E-state index contributed by atoms with van der Waals surface area (Å²) in [5.74, 6) is 3.79. The molecule has 0 radical (unpaired) electrons. The average Bonchev–Trinajstić information content (AvgIpc) is 2.14. The number of aromatic nitrogens is 1. The zero-order valence-electron chi connectivity index (χ0n) is 9.17. The number of hydrogen-bond donors (Lipinski definition) is 0. The summed E-state index contributed by atoms with van der Waals surface area (Å²) in [6, 6.07) is 3.72. The second-order valence-electron chi connectivity index (χ2n) is 4.16. The highest BCUT2D eigenvalue weighted by Gasteiger charge is 2.06. The van der Waals surface area contributed by atoms with E-state index in [0.29, 0.717) is 6.61 Å². The van der Waals surface area contributed by atoms with Crippen molar-refractivity contribution in [1.82, 2.24) is 4.98 Å². The average molecular weight is 284 g/mol. The van der Waals surface area contributed by atoms with E-state index in [0.717, 1.165) is 10.4 Å². The van der Waals surface area contributed by atoms with Crippen molar-refractivity contribution in [2.45, 2.75) is 19.6 Å². The third kappa shape index (κ3) is 5.60. The second-order valence-corrected chi connectivity index (χ2v) is 9.72. The molecule has 0 bridgehead atoms. The lowest BCUT2D eigenvalue weighted by Gasteiger charge is -2.04. The van der Waals surface area contributed by atoms with Crippen LogP contribution in [-0.4, -0.2) is 19.7 Å². The maximum Gasteiger partial charge on any atom is 0.148 e. The van der Waals surface area contributed by atoms with Crippen molar-refractivity contribution in [3.8, 4) is 17.2 Å². The summed E-state index contributed by atoms with van der Waals surface area (Å²) >= 11 is 3.26. The van der Waals surface area contributed by atoms with E-state index < -0.39 is 8.07 Å². The zero-order chi connectivity index (χ0) is 11.3. The molecule has 0 atom stereocenters. The van der Waals surface area contributed by atoms with E-state index in [1.807, 2.05) is 12.1 Å². The Hall–Kier alpha value is -0.793. The quantitative estimate of drug-likeness (QED) is 0.473. The molecule has 0 aliphatic rings. The van der Waals surface area contributed by atoms with Gasteiger partial charge in [0, 0.05) is 0 Å². The molecule has 1 aromatic rings. The smallest absolute Gasteiger partial charge is 0.148 e. The third-order valence-corrected chi connectivity index (χ3v) is 2.87. The fourth-order valence-corrected chi connectivity index (χ4v) is 1.71. The number of rotatable bonds is 2. The van der Waals surface area contributed by atoms with Crippen molar-refractivity contribution in [3.05, 3.63) is 22.9 Å². The molecule has 15 heavy (non-hydrogen) atoms. The van der Waals surface area contributed by atoms with Crippen LogP contribution in [0, 0.1) is 11.5 Å². The number of ether oxygens (including phenoxy) is 1. The van der Waals surface area contributed by atoms with Gasteiger partial charge in [-0.1, -0.05) is 25.6 Å². The Bertz CT molecular complexity index is 372. The van der Waals surface area contributed by atoms with Crippen LogP contribution in [0.15, 0.2) is 22.9 Å². The minimum atomic E-state index is -1.27. The van der Waals surface area contributed by atoms with Crippen LogP contribution in [0.3, 0.4) is 0 Å². The van der Waals surface area contributed by atoms with Crippen molar-refractivity contribution >= 4 is 24.0 Å². The highest BCUT2D eigenvalue weighted by molar-refractivity contribution is 9.10. The monoisotopic (exact) mass is 283 g/mol. The molecule has 1 aromatic heterocycles. The Morgan fingerprint density at radius 2 is 2.13 bits per heavy atom. The van der Waals surface area contributed by atoms with Gasteiger partial charge in [-0.3, -0.25) is 0 Å². The summed E-state index contributed by atoms with van der Waals surface area (Å²) in [5, 5.41) is 0. The Labute approximate surface area is 100 Å². The molecule has 0 fully saturated rings. The van der Waals surface area contributed by atoms with E-state index in [1.54, 1.807) is 6.20 Å². The molecular formula is C11H14BrNOSi. The molecule has 2 nitrogen and oxygen atoms in total. The molecule has 80 valence electrons. The van der Waals surface area contributed by atoms with Gasteiger partial charge in [0.25, 0.3) is 0 Å². The van der Waals surface area contributed by atoms with Gasteiger partial charge in [-0.2, -0.15) is 0 Å². The molecule has 0 aromatic carbocycles. The topological polar surface area (TPSA) is 22.1 Å². The van der Waals surface area contributed by atoms with Crippen LogP contribution < -0.4 is 4.74 Å². The van der Waals surface area contributed by atoms with Crippen LogP contribution in [-0.2, 0) is 0 Å². The van der Waals surface area contributed by atoms with Gasteiger partial charge in [0.1, 0.15) is 25.0 Å². The molecule has 0 aliphatic carbocycles. The number of halogens is 1. The van der Waals surface area contributed by atoms with Crippen LogP contribution >= 0.6 is 15.9 Å². The van der Waals surface area contributed by atoms with Crippen LogP contribution in [0.2, 0.25) is 19.6 Å². The Morgan fingerprint density at radius 1 is 1.40 bits per heavy atom. The summed E-state index contributed by atoms with van der Waals surface area (Å²) < 4.78 is 6.23. The lowest BCUT2D eigenvalue weighted by atomic mass is 10.5. The summed E-state index contributed by atoms with van der Waals surface area (Å²) in [7, 11) is -1.27. The van der Waals surface area contributed by atoms with Gasteiger partial charge >= 0.3 is 0 Å². The first-order valence-electron chi connectivity index (χ1n) is 4.72. The zero-order valence-corrected chi connectivity index (χ0v) is 11.8. The SMILES string of the molecule is C[Si](C)(C)C#CCOc1ccc(Br)nc1. The normalized spacial score (nSPS) is 10.4. The van der Waals surface area contributed by atoms with Gasteiger partial charge in [-0.05, 0) is 28.1 Å². The van der Waals surface area contributed by atoms with Gasteiger partial charge in [0.2, 0.25) is 0 Å². The molecule has 4 heteroatoms. The van der Waals surface area contributed by atoms with Gasteiger partial charge in [-0.15, -0.1) is 5.54 Å². The van der Waals surface area contributed by atoms with Gasteiger partial charge in [0.05, 0.1) is 6.20 Å². The summed E-state index contributed by atoms with van der Waals surface area (Å²) in [6.07, 6.45) is 1.68. The molecule has 1 rings (SSSR count). The van der Waals surface area contributed by atoms with Crippen molar-refractivity contribution in [1.29, 1.82) is 0 Å². The van der Waals surface area contributed by atoms with Crippen LogP contribution in [0.1, 0.15) is 0 Å². The Balaban J connectivity index is 2.44. The Kier molecular flexibility index (Phi) is 4.37. The molecule has 0 spiro atoms. The highest BCUT2D eigenvalue weighted by Crippen LogP contribution is 2.12. The van der Waals surface area contributed by atoms with Crippen molar-refractivity contribution < 1.29 is 4.74 Å². The lowest BCUT2D eigenvalue weighted by molar-refractivity contribution is 0.368. The predicted octanol–water partition coefficient (Wildman–Crippen LogP) is 3.10. The van der Waals surface area contributed by atoms with Crippen molar-refractivity contribution in [2.24, 2.45) is 0 Å². The first kappa shape index (κ1) is 12.3. The summed E-state index contributed by atoms with van der Waals surface area (Å²) in [4.78, 5) is 4.06. The third-order valence-electron chi connectivity index (χ3n) is 1.47. The number of nitrogens with zero attached hydrogens (tertiary/aromatic N) is 1. The molecule has 0 saturated heterocycles. The first-order chi connectivity index (χ1) is 6.97. The molecule has 1 heterocycles. The van der Waals surface area contributed by atoms with E-state index >= 15 is 0 Å². The largest absolute Gasteiger partial charge is 0.479 e. The minimum Gasteiger partial charge on any atom is -0.479 e. The molecule has 0 saturated carbocycles. The summed E-state index contributed by atoms with van der Waals surface area (Å²) in [5.41, 5.74) is 3.24. The maximum absolute atomic E-state index is 5.42. The standard InChI is InChI=1S/C11H14BrNOSi/c1-15(2,3)8-4-7-14-10-5-6-11(12)13-9-10/h5-6,9H,7H2,1-3H3. The molecule has 0 aliphatic heterocycles. The van der Waals surface area contributed by atoms with E-state index in [1.165, 1.54) is 0 Å². The van der Waals surface area contributed by atoms with E-state index in [9.17, 15) is 0 Å². The van der Waals surface area contributed by atoms with Crippen molar-refractivity contribution in [3.63, 3.8) is 0 Å². The van der Waals surface area contributed by atoms with E-state index in [4.69, 9.17) is 4.74 Å². The van der Waals surface area contributed by atoms with Crippen LogP contribution in [0.25, 0.3) is 0 Å². The van der Waals surface area contributed by atoms with E-state index in [-0.39, 0.29) is 0 Å². The second kappa shape index (κ2) is 5.33. The lowest BCUT2D eigenvalue weighted by Crippen LogP contribution is -2.16. The predicted molar refractivity (Wildman–Crippen MR) is 68.6 cm³/mol. The van der Waals surface area contributed by atoms with E-state index in [2.05, 4.69) is 52.0 Å². The first-order valence-corrected chi connectivity index (χ1v) is 9.01. The fourth-order valence-electron chi connectivity index (χ4n) is 0.868. The van der Waals surface area contributed by atoms with Gasteiger partial charge in [0.15, 0.2) is 0 Å². The number of pyridine rings is 1. The van der Waals surface area contributed by atoms with Crippen molar-refractivity contribution in [2.75, 3.05) is 6.61 Å². The van der Waals surface area contributed by atoms with Gasteiger partial charge < -0.3 is 4.74 Å².